The van der Waals surface area contributed by atoms with Gasteiger partial charge in [0.05, 0.1) is 6.61 Å². The number of hydrogen-bond donors (Lipinski definition) is 3. The summed E-state index contributed by atoms with van der Waals surface area (Å²) in [6.45, 7) is 2.40. The lowest BCUT2D eigenvalue weighted by atomic mass is 9.74. The van der Waals surface area contributed by atoms with Gasteiger partial charge in [-0.2, -0.15) is 0 Å². The highest BCUT2D eigenvalue weighted by atomic mass is 16.5. The van der Waals surface area contributed by atoms with Crippen molar-refractivity contribution >= 4 is 23.3 Å². The summed E-state index contributed by atoms with van der Waals surface area (Å²) in [7, 11) is 1.67. The fourth-order valence-corrected chi connectivity index (χ4v) is 4.57. The van der Waals surface area contributed by atoms with Gasteiger partial charge in [0.25, 0.3) is 0 Å². The van der Waals surface area contributed by atoms with E-state index in [9.17, 15) is 9.59 Å². The van der Waals surface area contributed by atoms with E-state index in [1.165, 1.54) is 0 Å². The first-order valence-electron chi connectivity index (χ1n) is 11.9. The second kappa shape index (κ2) is 12.4. The number of amides is 2. The van der Waals surface area contributed by atoms with Crippen LogP contribution in [0.15, 0.2) is 48.2 Å². The highest BCUT2D eigenvalue weighted by molar-refractivity contribution is 5.94. The van der Waals surface area contributed by atoms with Crippen LogP contribution < -0.4 is 11.1 Å². The van der Waals surface area contributed by atoms with Crippen molar-refractivity contribution in [3.63, 3.8) is 0 Å². The number of guanidine groups is 1. The van der Waals surface area contributed by atoms with Gasteiger partial charge in [-0.1, -0.05) is 42.5 Å². The van der Waals surface area contributed by atoms with Gasteiger partial charge in [0.15, 0.2) is 5.96 Å². The number of ether oxygens (including phenoxy) is 2. The number of hydrogen-bond acceptors (Lipinski definition) is 5. The molecule has 2 aliphatic rings. The predicted molar refractivity (Wildman–Crippen MR) is 132 cm³/mol. The van der Waals surface area contributed by atoms with Crippen molar-refractivity contribution in [3.8, 4) is 0 Å². The molecule has 1 atom stereocenters. The summed E-state index contributed by atoms with van der Waals surface area (Å²) in [4.78, 5) is 26.9. The minimum atomic E-state index is -0.448. The molecule has 1 aromatic carbocycles. The lowest BCUT2D eigenvalue weighted by Gasteiger charge is -2.40. The molecule has 0 aromatic heterocycles. The minimum Gasteiger partial charge on any atom is -0.497 e. The number of nitrogens with one attached hydrogen (secondary N) is 2. The third kappa shape index (κ3) is 7.18. The van der Waals surface area contributed by atoms with E-state index >= 15 is 0 Å². The minimum absolute atomic E-state index is 0.160. The Labute approximate surface area is 201 Å². The van der Waals surface area contributed by atoms with E-state index in [1.807, 2.05) is 23.1 Å². The van der Waals surface area contributed by atoms with Gasteiger partial charge in [-0.3, -0.25) is 20.3 Å². The third-order valence-electron chi connectivity index (χ3n) is 6.32. The number of rotatable bonds is 11. The van der Waals surface area contributed by atoms with Crippen LogP contribution >= 0.6 is 0 Å². The van der Waals surface area contributed by atoms with Gasteiger partial charge >= 0.3 is 0 Å². The van der Waals surface area contributed by atoms with E-state index in [2.05, 4.69) is 29.6 Å². The molecule has 184 valence electrons. The van der Waals surface area contributed by atoms with Crippen molar-refractivity contribution < 1.29 is 19.1 Å². The molecule has 0 saturated carbocycles. The smallest absolute Gasteiger partial charge is 0.226 e. The van der Waals surface area contributed by atoms with Crippen molar-refractivity contribution in [1.29, 1.82) is 5.41 Å². The number of nitrogens with two attached hydrogens (primary N) is 1. The quantitative estimate of drug-likeness (QED) is 0.262. The molecule has 1 heterocycles. The van der Waals surface area contributed by atoms with Crippen molar-refractivity contribution in [2.75, 3.05) is 33.4 Å². The fourth-order valence-electron chi connectivity index (χ4n) is 4.57. The maximum absolute atomic E-state index is 12.6. The van der Waals surface area contributed by atoms with Crippen molar-refractivity contribution in [2.45, 2.75) is 44.9 Å². The Kier molecular flexibility index (Phi) is 9.27. The van der Waals surface area contributed by atoms with Crippen molar-refractivity contribution in [2.24, 2.45) is 11.1 Å². The number of carbonyl (C=O) groups excluding carboxylic acids is 2. The van der Waals surface area contributed by atoms with Crippen LogP contribution in [0.2, 0.25) is 0 Å². The molecule has 0 radical (unpaired) electrons. The molecule has 0 bridgehead atoms. The van der Waals surface area contributed by atoms with E-state index in [0.29, 0.717) is 39.0 Å². The Bertz CT molecular complexity index is 928. The number of nitrogens with zero attached hydrogens (tertiary/aromatic N) is 1. The molecule has 8 heteroatoms. The van der Waals surface area contributed by atoms with Gasteiger partial charge in [-0.05, 0) is 24.8 Å². The van der Waals surface area contributed by atoms with Crippen LogP contribution in [0.25, 0.3) is 5.57 Å². The van der Waals surface area contributed by atoms with Crippen LogP contribution in [-0.2, 0) is 19.1 Å². The first-order chi connectivity index (χ1) is 16.4. The summed E-state index contributed by atoms with van der Waals surface area (Å²) >= 11 is 0. The van der Waals surface area contributed by atoms with Crippen LogP contribution in [0.1, 0.15) is 50.5 Å². The lowest BCUT2D eigenvalue weighted by molar-refractivity contribution is -0.134. The largest absolute Gasteiger partial charge is 0.497 e. The number of benzene rings is 1. The fraction of sp³-hybridized carbons (Fsp3) is 0.500. The zero-order valence-corrected chi connectivity index (χ0v) is 20.0. The Morgan fingerprint density at radius 1 is 1.24 bits per heavy atom. The van der Waals surface area contributed by atoms with E-state index in [1.54, 1.807) is 7.11 Å². The zero-order chi connectivity index (χ0) is 24.4. The molecule has 3 rings (SSSR count). The Morgan fingerprint density at radius 3 is 2.74 bits per heavy atom. The number of carbonyl (C=O) groups is 2. The highest BCUT2D eigenvalue weighted by Crippen LogP contribution is 2.42. The second-order valence-corrected chi connectivity index (χ2v) is 9.00. The molecule has 1 aromatic rings. The molecule has 1 saturated heterocycles. The van der Waals surface area contributed by atoms with E-state index < -0.39 is 5.41 Å². The average molecular weight is 469 g/mol. The van der Waals surface area contributed by atoms with Crippen molar-refractivity contribution in [3.05, 3.63) is 53.8 Å². The molecule has 1 fully saturated rings. The van der Waals surface area contributed by atoms with Gasteiger partial charge in [0, 0.05) is 63.5 Å². The number of allylic oxidation sites excluding steroid dienone is 3. The number of piperidine rings is 1. The van der Waals surface area contributed by atoms with Gasteiger partial charge in [0.1, 0.15) is 5.76 Å². The summed E-state index contributed by atoms with van der Waals surface area (Å²) in [5.74, 6) is 0.359. The molecule has 8 nitrogen and oxygen atoms in total. The van der Waals surface area contributed by atoms with E-state index in [-0.39, 0.29) is 24.2 Å². The SMILES string of the molecule is COCCCOC1=C(c2ccccc2)C=CC(CCC(=O)NC(=N)N)(CN2CCCCC2=O)C1. The molecular weight excluding hydrogens is 432 g/mol. The Balaban J connectivity index is 1.87. The molecule has 0 spiro atoms. The normalized spacial score (nSPS) is 20.4. The molecule has 1 aliphatic carbocycles. The van der Waals surface area contributed by atoms with Crippen LogP contribution in [0.3, 0.4) is 0 Å². The molecule has 34 heavy (non-hydrogen) atoms. The van der Waals surface area contributed by atoms with Crippen LogP contribution in [-0.4, -0.2) is 56.1 Å². The summed E-state index contributed by atoms with van der Waals surface area (Å²) in [5.41, 5.74) is 6.97. The van der Waals surface area contributed by atoms with Gasteiger partial charge in [-0.25, -0.2) is 0 Å². The molecule has 1 unspecified atom stereocenters. The monoisotopic (exact) mass is 468 g/mol. The van der Waals surface area contributed by atoms with Gasteiger partial charge in [-0.15, -0.1) is 0 Å². The number of likely N-dealkylation sites (tertiary alicyclic amines) is 1. The lowest BCUT2D eigenvalue weighted by Crippen LogP contribution is -2.44. The van der Waals surface area contributed by atoms with Crippen molar-refractivity contribution in [1.82, 2.24) is 10.2 Å². The summed E-state index contributed by atoms with van der Waals surface area (Å²) < 4.78 is 11.5. The van der Waals surface area contributed by atoms with Crippen LogP contribution in [0, 0.1) is 10.8 Å². The molecule has 4 N–H and O–H groups in total. The molecule has 2 amide bonds. The Morgan fingerprint density at radius 2 is 2.03 bits per heavy atom. The highest BCUT2D eigenvalue weighted by Gasteiger charge is 2.37. The second-order valence-electron chi connectivity index (χ2n) is 9.00. The maximum Gasteiger partial charge on any atom is 0.226 e. The third-order valence-corrected chi connectivity index (χ3v) is 6.32. The summed E-state index contributed by atoms with van der Waals surface area (Å²) in [6.07, 6.45) is 8.75. The first kappa shape index (κ1) is 25.5. The average Bonchev–Trinajstić information content (AvgIpc) is 2.82. The molecular formula is C26H36N4O4. The summed E-state index contributed by atoms with van der Waals surface area (Å²) in [5, 5.41) is 9.70. The standard InChI is InChI=1S/C26H36N4O4/c1-33-16-7-17-34-22-18-26(14-12-23(31)29-25(27)28,19-30-15-6-5-10-24(30)32)13-11-21(22)20-8-3-2-4-9-20/h2-4,8-9,11,13H,5-7,10,12,14-19H2,1H3,(H4,27,28,29,31). The topological polar surface area (TPSA) is 118 Å². The van der Waals surface area contributed by atoms with Crippen LogP contribution in [0.5, 0.6) is 0 Å². The molecule has 1 aliphatic heterocycles. The maximum atomic E-state index is 12.6. The van der Waals surface area contributed by atoms with Crippen LogP contribution in [0.4, 0.5) is 0 Å². The zero-order valence-electron chi connectivity index (χ0n) is 20.0. The van der Waals surface area contributed by atoms with Gasteiger partial charge < -0.3 is 20.1 Å². The van der Waals surface area contributed by atoms with E-state index in [0.717, 1.165) is 42.7 Å². The van der Waals surface area contributed by atoms with E-state index in [4.69, 9.17) is 20.6 Å². The number of methoxy groups -OCH3 is 1. The Hall–Kier alpha value is -3.13. The predicted octanol–water partition coefficient (Wildman–Crippen LogP) is 3.20. The van der Waals surface area contributed by atoms with Gasteiger partial charge in [0.2, 0.25) is 11.8 Å². The summed E-state index contributed by atoms with van der Waals surface area (Å²) in [6, 6.07) is 10.1. The first-order valence-corrected chi connectivity index (χ1v) is 11.9.